The Morgan fingerprint density at radius 2 is 2.05 bits per heavy atom. The van der Waals surface area contributed by atoms with E-state index in [9.17, 15) is 5.11 Å². The lowest BCUT2D eigenvalue weighted by Gasteiger charge is -2.45. The van der Waals surface area contributed by atoms with Gasteiger partial charge in [-0.1, -0.05) is 12.5 Å². The summed E-state index contributed by atoms with van der Waals surface area (Å²) in [7, 11) is 5.92. The van der Waals surface area contributed by atoms with Crippen molar-refractivity contribution in [3.05, 3.63) is 29.3 Å². The number of aryl methyl sites for hydroxylation is 1. The zero-order valence-corrected chi connectivity index (χ0v) is 14.3. The third kappa shape index (κ3) is 2.77. The number of methoxy groups -OCH3 is 1. The van der Waals surface area contributed by atoms with Crippen LogP contribution in [0.15, 0.2) is 18.2 Å². The molecule has 0 radical (unpaired) electrons. The highest BCUT2D eigenvalue weighted by molar-refractivity contribution is 5.38. The van der Waals surface area contributed by atoms with Crippen molar-refractivity contribution in [2.75, 3.05) is 27.7 Å². The Balaban J connectivity index is 2.02. The Bertz CT molecular complexity index is 542. The van der Waals surface area contributed by atoms with Gasteiger partial charge in [0.05, 0.1) is 12.7 Å². The minimum Gasteiger partial charge on any atom is -0.497 e. The van der Waals surface area contributed by atoms with E-state index in [0.717, 1.165) is 29.8 Å². The van der Waals surface area contributed by atoms with E-state index in [2.05, 4.69) is 32.0 Å². The molecule has 3 nitrogen and oxygen atoms in total. The summed E-state index contributed by atoms with van der Waals surface area (Å²) >= 11 is 0. The molecule has 1 N–H and O–H groups in total. The van der Waals surface area contributed by atoms with Gasteiger partial charge in [-0.05, 0) is 75.4 Å². The molecule has 0 spiro atoms. The highest BCUT2D eigenvalue weighted by Crippen LogP contribution is 2.54. The van der Waals surface area contributed by atoms with Crippen molar-refractivity contribution in [3.63, 3.8) is 0 Å². The molecule has 3 rings (SSSR count). The van der Waals surface area contributed by atoms with Crippen molar-refractivity contribution in [2.45, 2.75) is 38.2 Å². The van der Waals surface area contributed by atoms with Gasteiger partial charge in [0.2, 0.25) is 0 Å². The minimum absolute atomic E-state index is 0.313. The second-order valence-electron chi connectivity index (χ2n) is 7.68. The zero-order chi connectivity index (χ0) is 15.9. The van der Waals surface area contributed by atoms with Crippen LogP contribution < -0.4 is 4.74 Å². The summed E-state index contributed by atoms with van der Waals surface area (Å²) < 4.78 is 5.44. The van der Waals surface area contributed by atoms with Gasteiger partial charge in [0, 0.05) is 12.5 Å². The molecular weight excluding hydrogens is 274 g/mol. The van der Waals surface area contributed by atoms with E-state index >= 15 is 0 Å². The predicted octanol–water partition coefficient (Wildman–Crippen LogP) is 3.19. The minimum atomic E-state index is -0.715. The van der Waals surface area contributed by atoms with E-state index in [1.54, 1.807) is 7.11 Å². The summed E-state index contributed by atoms with van der Waals surface area (Å²) in [5.74, 6) is 2.50. The van der Waals surface area contributed by atoms with Gasteiger partial charge in [0.1, 0.15) is 5.75 Å². The Morgan fingerprint density at radius 1 is 1.27 bits per heavy atom. The van der Waals surface area contributed by atoms with Crippen LogP contribution in [0.25, 0.3) is 0 Å². The first kappa shape index (κ1) is 15.8. The molecule has 0 aliphatic heterocycles. The topological polar surface area (TPSA) is 32.7 Å². The van der Waals surface area contributed by atoms with Crippen molar-refractivity contribution < 1.29 is 9.84 Å². The fraction of sp³-hybridized carbons (Fsp3) is 0.684. The van der Waals surface area contributed by atoms with Crippen LogP contribution in [-0.4, -0.2) is 37.8 Å². The maximum absolute atomic E-state index is 11.7. The number of hydrogen-bond acceptors (Lipinski definition) is 3. The molecular formula is C19H29NO2. The van der Waals surface area contributed by atoms with Crippen molar-refractivity contribution in [1.29, 1.82) is 0 Å². The SMILES string of the molecule is COc1cc(C)cc([C@]2(O)C[C@H]3CC[C@H](C3)[C@H]2CN(C)C)c1. The second-order valence-corrected chi connectivity index (χ2v) is 7.68. The molecule has 122 valence electrons. The van der Waals surface area contributed by atoms with Crippen molar-refractivity contribution >= 4 is 0 Å². The molecule has 0 heterocycles. The summed E-state index contributed by atoms with van der Waals surface area (Å²) in [6.45, 7) is 3.03. The highest BCUT2D eigenvalue weighted by atomic mass is 16.5. The lowest BCUT2D eigenvalue weighted by Crippen LogP contribution is -2.47. The Hall–Kier alpha value is -1.06. The number of hydrogen-bond donors (Lipinski definition) is 1. The molecule has 0 aromatic heterocycles. The number of benzene rings is 1. The van der Waals surface area contributed by atoms with E-state index in [1.807, 2.05) is 12.1 Å². The number of ether oxygens (including phenoxy) is 1. The molecule has 2 fully saturated rings. The standard InChI is InChI=1S/C19H29NO2/c1-13-7-16(10-17(8-13)22-4)19(21)11-14-5-6-15(9-14)18(19)12-20(2)3/h7-8,10,14-15,18,21H,5-6,9,11-12H2,1-4H3/t14-,15+,18+,19+/m0/s1. The number of fused-ring (bicyclic) bond motifs is 2. The van der Waals surface area contributed by atoms with Crippen LogP contribution >= 0.6 is 0 Å². The summed E-state index contributed by atoms with van der Waals surface area (Å²) in [6, 6.07) is 6.22. The maximum atomic E-state index is 11.7. The van der Waals surface area contributed by atoms with Gasteiger partial charge in [-0.2, -0.15) is 0 Å². The molecule has 0 saturated heterocycles. The molecule has 3 heteroatoms. The van der Waals surface area contributed by atoms with Gasteiger partial charge in [-0.15, -0.1) is 0 Å². The largest absolute Gasteiger partial charge is 0.497 e. The summed E-state index contributed by atoms with van der Waals surface area (Å²) in [6.07, 6.45) is 4.74. The average Bonchev–Trinajstić information content (AvgIpc) is 2.86. The van der Waals surface area contributed by atoms with Crippen molar-refractivity contribution in [3.8, 4) is 5.75 Å². The molecule has 1 aromatic carbocycles. The molecule has 2 aliphatic rings. The first-order valence-corrected chi connectivity index (χ1v) is 8.45. The van der Waals surface area contributed by atoms with Gasteiger partial charge in [0.25, 0.3) is 0 Å². The number of nitrogens with zero attached hydrogens (tertiary/aromatic N) is 1. The van der Waals surface area contributed by atoms with E-state index in [-0.39, 0.29) is 0 Å². The summed E-state index contributed by atoms with van der Waals surface area (Å²) in [5, 5.41) is 11.7. The van der Waals surface area contributed by atoms with Crippen LogP contribution in [0.5, 0.6) is 5.75 Å². The van der Waals surface area contributed by atoms with Crippen LogP contribution in [0.1, 0.15) is 36.8 Å². The summed E-state index contributed by atoms with van der Waals surface area (Å²) in [4.78, 5) is 2.22. The lowest BCUT2D eigenvalue weighted by atomic mass is 9.65. The lowest BCUT2D eigenvalue weighted by molar-refractivity contribution is -0.0892. The molecule has 1 aromatic rings. The van der Waals surface area contributed by atoms with Crippen molar-refractivity contribution in [1.82, 2.24) is 4.90 Å². The quantitative estimate of drug-likeness (QED) is 0.927. The Labute approximate surface area is 134 Å². The molecule has 0 amide bonds. The normalized spacial score (nSPS) is 34.2. The maximum Gasteiger partial charge on any atom is 0.119 e. The Morgan fingerprint density at radius 3 is 2.73 bits per heavy atom. The first-order chi connectivity index (χ1) is 10.4. The second kappa shape index (κ2) is 5.86. The van der Waals surface area contributed by atoms with Gasteiger partial charge in [-0.3, -0.25) is 0 Å². The van der Waals surface area contributed by atoms with Crippen molar-refractivity contribution in [2.24, 2.45) is 17.8 Å². The van der Waals surface area contributed by atoms with Gasteiger partial charge in [0.15, 0.2) is 0 Å². The summed E-state index contributed by atoms with van der Waals surface area (Å²) in [5.41, 5.74) is 1.49. The van der Waals surface area contributed by atoms with Gasteiger partial charge in [-0.25, -0.2) is 0 Å². The van der Waals surface area contributed by atoms with E-state index in [4.69, 9.17) is 4.74 Å². The highest BCUT2D eigenvalue weighted by Gasteiger charge is 2.51. The number of aliphatic hydroxyl groups is 1. The fourth-order valence-electron chi connectivity index (χ4n) is 4.79. The van der Waals surface area contributed by atoms with Gasteiger partial charge >= 0.3 is 0 Å². The molecule has 22 heavy (non-hydrogen) atoms. The van der Waals surface area contributed by atoms with E-state index in [0.29, 0.717) is 17.8 Å². The molecule has 2 bridgehead atoms. The first-order valence-electron chi connectivity index (χ1n) is 8.45. The number of rotatable bonds is 4. The van der Waals surface area contributed by atoms with Crippen LogP contribution in [-0.2, 0) is 5.60 Å². The molecule has 0 unspecified atom stereocenters. The fourth-order valence-corrected chi connectivity index (χ4v) is 4.79. The van der Waals surface area contributed by atoms with E-state index in [1.165, 1.54) is 19.3 Å². The average molecular weight is 303 g/mol. The van der Waals surface area contributed by atoms with Crippen LogP contribution in [0, 0.1) is 24.7 Å². The smallest absolute Gasteiger partial charge is 0.119 e. The van der Waals surface area contributed by atoms with Crippen LogP contribution in [0.4, 0.5) is 0 Å². The molecule has 2 aliphatic carbocycles. The van der Waals surface area contributed by atoms with Gasteiger partial charge < -0.3 is 14.7 Å². The third-order valence-corrected chi connectivity index (χ3v) is 5.71. The molecule has 4 atom stereocenters. The third-order valence-electron chi connectivity index (χ3n) is 5.71. The van der Waals surface area contributed by atoms with Crippen LogP contribution in [0.3, 0.4) is 0 Å². The Kier molecular flexibility index (Phi) is 4.21. The zero-order valence-electron chi connectivity index (χ0n) is 14.3. The van der Waals surface area contributed by atoms with E-state index < -0.39 is 5.60 Å². The van der Waals surface area contributed by atoms with Crippen LogP contribution in [0.2, 0.25) is 0 Å². The monoisotopic (exact) mass is 303 g/mol. The predicted molar refractivity (Wildman–Crippen MR) is 89.1 cm³/mol. The molecule has 2 saturated carbocycles.